The summed E-state index contributed by atoms with van der Waals surface area (Å²) >= 11 is 0. The Balaban J connectivity index is 1.64. The van der Waals surface area contributed by atoms with Gasteiger partial charge in [-0.2, -0.15) is 4.98 Å². The quantitative estimate of drug-likeness (QED) is 0.785. The second kappa shape index (κ2) is 6.08. The second-order valence-corrected chi connectivity index (χ2v) is 6.22. The fourth-order valence-corrected chi connectivity index (χ4v) is 3.36. The van der Waals surface area contributed by atoms with Crippen LogP contribution in [0.25, 0.3) is 11.6 Å². The van der Waals surface area contributed by atoms with E-state index < -0.39 is 0 Å². The fourth-order valence-electron chi connectivity index (χ4n) is 3.36. The molecule has 3 heterocycles. The molecule has 1 amide bonds. The molecule has 0 fully saturated rings. The van der Waals surface area contributed by atoms with Gasteiger partial charge in [0.25, 0.3) is 0 Å². The Kier molecular flexibility index (Phi) is 3.76. The first-order valence-corrected chi connectivity index (χ1v) is 8.15. The number of hydrogen-bond donors (Lipinski definition) is 1. The Morgan fingerprint density at radius 1 is 1.32 bits per heavy atom. The number of nitrogens with two attached hydrogens (primary N) is 1. The van der Waals surface area contributed by atoms with Crippen LogP contribution in [-0.4, -0.2) is 22.1 Å². The monoisotopic (exact) mass is 338 g/mol. The number of fused-ring (bicyclic) bond motifs is 1. The van der Waals surface area contributed by atoms with Crippen molar-refractivity contribution >= 4 is 11.6 Å². The van der Waals surface area contributed by atoms with Crippen molar-refractivity contribution in [2.24, 2.45) is 5.73 Å². The average Bonchev–Trinajstić information content (AvgIpc) is 3.28. The molecule has 25 heavy (non-hydrogen) atoms. The largest absolute Gasteiger partial charge is 0.461 e. The number of amides is 1. The molecule has 7 heteroatoms. The van der Waals surface area contributed by atoms with E-state index >= 15 is 0 Å². The third kappa shape index (κ3) is 2.77. The van der Waals surface area contributed by atoms with Gasteiger partial charge in [-0.1, -0.05) is 23.4 Å². The number of aromatic nitrogens is 2. The number of hydrogen-bond acceptors (Lipinski definition) is 6. The third-order valence-electron chi connectivity index (χ3n) is 4.59. The molecule has 0 unspecified atom stereocenters. The van der Waals surface area contributed by atoms with Gasteiger partial charge in [-0.15, -0.1) is 0 Å². The van der Waals surface area contributed by atoms with Crippen LogP contribution in [0.4, 0.5) is 5.69 Å². The Labute approximate surface area is 144 Å². The van der Waals surface area contributed by atoms with Crippen molar-refractivity contribution in [1.82, 2.24) is 10.1 Å². The lowest BCUT2D eigenvalue weighted by atomic mass is 9.85. The van der Waals surface area contributed by atoms with Crippen molar-refractivity contribution in [1.29, 1.82) is 0 Å². The van der Waals surface area contributed by atoms with Crippen molar-refractivity contribution < 1.29 is 13.7 Å². The summed E-state index contributed by atoms with van der Waals surface area (Å²) in [6.07, 6.45) is 2.23. The van der Waals surface area contributed by atoms with Gasteiger partial charge in [0.15, 0.2) is 5.76 Å². The van der Waals surface area contributed by atoms with Crippen LogP contribution in [0.15, 0.2) is 51.6 Å². The standard InChI is InChI=1S/C18H18N4O3/c1-11-9-13(17(19)23)12-5-2-3-6-14(12)22(11)10-16-20-18(21-25-16)15-7-4-8-24-15/h2-8,11,13H,9-10H2,1H3,(H2,19,23)/t11-,13+/m0/s1. The first-order chi connectivity index (χ1) is 12.1. The minimum Gasteiger partial charge on any atom is -0.461 e. The van der Waals surface area contributed by atoms with Crippen LogP contribution in [0.3, 0.4) is 0 Å². The lowest BCUT2D eigenvalue weighted by Crippen LogP contribution is -2.41. The van der Waals surface area contributed by atoms with Crippen LogP contribution < -0.4 is 10.6 Å². The third-order valence-corrected chi connectivity index (χ3v) is 4.59. The number of rotatable bonds is 4. The summed E-state index contributed by atoms with van der Waals surface area (Å²) in [7, 11) is 0. The number of para-hydroxylation sites is 1. The summed E-state index contributed by atoms with van der Waals surface area (Å²) in [6, 6.07) is 11.5. The van der Waals surface area contributed by atoms with Gasteiger partial charge >= 0.3 is 0 Å². The molecule has 128 valence electrons. The molecule has 1 aromatic carbocycles. The second-order valence-electron chi connectivity index (χ2n) is 6.22. The predicted octanol–water partition coefficient (Wildman–Crippen LogP) is 2.70. The van der Waals surface area contributed by atoms with Gasteiger partial charge in [0.1, 0.15) is 0 Å². The van der Waals surface area contributed by atoms with Crippen LogP contribution in [0, 0.1) is 0 Å². The Bertz CT molecular complexity index is 887. The summed E-state index contributed by atoms with van der Waals surface area (Å²) in [5, 5.41) is 3.97. The van der Waals surface area contributed by atoms with Gasteiger partial charge in [0.05, 0.1) is 18.7 Å². The average molecular weight is 338 g/mol. The van der Waals surface area contributed by atoms with Crippen molar-refractivity contribution in [3.8, 4) is 11.6 Å². The highest BCUT2D eigenvalue weighted by Gasteiger charge is 2.33. The van der Waals surface area contributed by atoms with Crippen molar-refractivity contribution in [3.63, 3.8) is 0 Å². The van der Waals surface area contributed by atoms with E-state index in [1.807, 2.05) is 24.3 Å². The normalized spacial score (nSPS) is 19.6. The Hall–Kier alpha value is -3.09. The van der Waals surface area contributed by atoms with Crippen molar-refractivity contribution in [2.45, 2.75) is 31.8 Å². The van der Waals surface area contributed by atoms with Crippen LogP contribution in [0.5, 0.6) is 0 Å². The fraction of sp³-hybridized carbons (Fsp3) is 0.278. The maximum atomic E-state index is 11.8. The Morgan fingerprint density at radius 2 is 2.16 bits per heavy atom. The highest BCUT2D eigenvalue weighted by Crippen LogP contribution is 2.38. The molecule has 1 aliphatic heterocycles. The van der Waals surface area contributed by atoms with E-state index in [2.05, 4.69) is 22.0 Å². The number of primary amides is 1. The van der Waals surface area contributed by atoms with E-state index in [0.717, 1.165) is 11.3 Å². The van der Waals surface area contributed by atoms with Gasteiger partial charge < -0.3 is 19.6 Å². The van der Waals surface area contributed by atoms with E-state index in [1.54, 1.807) is 18.4 Å². The molecule has 0 saturated carbocycles. The molecule has 0 spiro atoms. The first kappa shape index (κ1) is 15.4. The van der Waals surface area contributed by atoms with Crippen molar-refractivity contribution in [3.05, 3.63) is 54.1 Å². The first-order valence-electron chi connectivity index (χ1n) is 8.15. The molecule has 4 rings (SSSR count). The number of anilines is 1. The minimum absolute atomic E-state index is 0.117. The van der Waals surface area contributed by atoms with Crippen LogP contribution in [0.2, 0.25) is 0 Å². The molecule has 0 radical (unpaired) electrons. The van der Waals surface area contributed by atoms with Gasteiger partial charge in [-0.05, 0) is 37.1 Å². The van der Waals surface area contributed by atoms with Crippen LogP contribution in [0.1, 0.15) is 30.7 Å². The van der Waals surface area contributed by atoms with Crippen LogP contribution in [-0.2, 0) is 11.3 Å². The minimum atomic E-state index is -0.295. The SMILES string of the molecule is C[C@H]1C[C@@H](C(N)=O)c2ccccc2N1Cc1nc(-c2ccco2)no1. The van der Waals surface area contributed by atoms with Crippen LogP contribution >= 0.6 is 0 Å². The molecular weight excluding hydrogens is 320 g/mol. The molecular formula is C18H18N4O3. The van der Waals surface area contributed by atoms with Gasteiger partial charge in [-0.3, -0.25) is 4.79 Å². The topological polar surface area (TPSA) is 98.4 Å². The molecule has 2 N–H and O–H groups in total. The maximum absolute atomic E-state index is 11.8. The highest BCUT2D eigenvalue weighted by atomic mass is 16.5. The highest BCUT2D eigenvalue weighted by molar-refractivity contribution is 5.85. The van der Waals surface area contributed by atoms with E-state index in [4.69, 9.17) is 14.7 Å². The zero-order valence-electron chi connectivity index (χ0n) is 13.8. The molecule has 2 aromatic heterocycles. The van der Waals surface area contributed by atoms with E-state index in [-0.39, 0.29) is 17.9 Å². The lowest BCUT2D eigenvalue weighted by molar-refractivity contribution is -0.119. The van der Waals surface area contributed by atoms with Crippen molar-refractivity contribution in [2.75, 3.05) is 4.90 Å². The predicted molar refractivity (Wildman–Crippen MR) is 90.6 cm³/mol. The smallest absolute Gasteiger partial charge is 0.246 e. The van der Waals surface area contributed by atoms with Gasteiger partial charge in [0.2, 0.25) is 17.6 Å². The summed E-state index contributed by atoms with van der Waals surface area (Å²) in [4.78, 5) is 18.4. The molecule has 2 atom stereocenters. The molecule has 0 aliphatic carbocycles. The van der Waals surface area contributed by atoms with Gasteiger partial charge in [0, 0.05) is 11.7 Å². The number of carbonyl (C=O) groups is 1. The van der Waals surface area contributed by atoms with E-state index in [9.17, 15) is 4.79 Å². The molecule has 7 nitrogen and oxygen atoms in total. The number of furan rings is 1. The molecule has 3 aromatic rings. The zero-order chi connectivity index (χ0) is 17.4. The molecule has 1 aliphatic rings. The summed E-state index contributed by atoms with van der Waals surface area (Å²) in [5.74, 6) is 0.912. The summed E-state index contributed by atoms with van der Waals surface area (Å²) in [6.45, 7) is 2.52. The number of benzene rings is 1. The lowest BCUT2D eigenvalue weighted by Gasteiger charge is -2.39. The van der Waals surface area contributed by atoms with E-state index in [1.165, 1.54) is 0 Å². The summed E-state index contributed by atoms with van der Waals surface area (Å²) in [5.41, 5.74) is 7.51. The maximum Gasteiger partial charge on any atom is 0.246 e. The molecule has 0 bridgehead atoms. The van der Waals surface area contributed by atoms with Gasteiger partial charge in [-0.25, -0.2) is 0 Å². The number of nitrogens with zero attached hydrogens (tertiary/aromatic N) is 3. The van der Waals surface area contributed by atoms with E-state index in [0.29, 0.717) is 30.4 Å². The Morgan fingerprint density at radius 3 is 2.92 bits per heavy atom. The summed E-state index contributed by atoms with van der Waals surface area (Å²) < 4.78 is 10.7. The molecule has 0 saturated heterocycles. The zero-order valence-corrected chi connectivity index (χ0v) is 13.8. The number of carbonyl (C=O) groups excluding carboxylic acids is 1.